The number of carbonyl (C=O) groups excluding carboxylic acids is 1. The van der Waals surface area contributed by atoms with Gasteiger partial charge in [0.25, 0.3) is 0 Å². The lowest BCUT2D eigenvalue weighted by Gasteiger charge is -2.06. The fourth-order valence-electron chi connectivity index (χ4n) is 1.99. The smallest absolute Gasteiger partial charge is 0.224 e. The average molecular weight is 263 g/mol. The number of carbonyl (C=O) groups is 1. The Bertz CT molecular complexity index is 377. The highest BCUT2D eigenvalue weighted by Crippen LogP contribution is 2.12. The number of hydrogen-bond donors (Lipinski definition) is 1. The Morgan fingerprint density at radius 2 is 2.00 bits per heavy atom. The lowest BCUT2D eigenvalue weighted by molar-refractivity contribution is -0.120. The van der Waals surface area contributed by atoms with Crippen LogP contribution in [0.3, 0.4) is 0 Å². The zero-order valence-corrected chi connectivity index (χ0v) is 12.1. The third kappa shape index (κ3) is 6.85. The molecule has 0 spiro atoms. The number of hydrogen-bond acceptors (Lipinski definition) is 2. The van der Waals surface area contributed by atoms with Gasteiger partial charge in [-0.1, -0.05) is 44.7 Å². The molecule has 1 rings (SSSR count). The van der Waals surface area contributed by atoms with Crippen LogP contribution >= 0.6 is 0 Å². The maximum absolute atomic E-state index is 11.7. The molecule has 0 fully saturated rings. The molecule has 1 N–H and O–H groups in total. The minimum absolute atomic E-state index is 0.0868. The van der Waals surface area contributed by atoms with E-state index in [1.165, 1.54) is 25.7 Å². The molecule has 0 unspecified atom stereocenters. The summed E-state index contributed by atoms with van der Waals surface area (Å²) in [6.45, 7) is 2.99. The quantitative estimate of drug-likeness (QED) is 0.694. The van der Waals surface area contributed by atoms with Crippen molar-refractivity contribution in [2.75, 3.05) is 13.7 Å². The Morgan fingerprint density at radius 1 is 1.21 bits per heavy atom. The number of ether oxygens (including phenoxy) is 1. The van der Waals surface area contributed by atoms with Crippen molar-refractivity contribution in [3.63, 3.8) is 0 Å². The van der Waals surface area contributed by atoms with Crippen molar-refractivity contribution in [1.82, 2.24) is 5.32 Å². The molecule has 0 aliphatic heterocycles. The van der Waals surface area contributed by atoms with Gasteiger partial charge in [-0.2, -0.15) is 0 Å². The number of amides is 1. The fourth-order valence-corrected chi connectivity index (χ4v) is 1.99. The molecule has 0 atom stereocenters. The summed E-state index contributed by atoms with van der Waals surface area (Å²) in [6, 6.07) is 7.64. The largest absolute Gasteiger partial charge is 0.497 e. The van der Waals surface area contributed by atoms with Crippen LogP contribution in [0.15, 0.2) is 24.3 Å². The summed E-state index contributed by atoms with van der Waals surface area (Å²) in [7, 11) is 1.63. The number of methoxy groups -OCH3 is 1. The summed E-state index contributed by atoms with van der Waals surface area (Å²) in [6.07, 6.45) is 6.51. The molecular weight excluding hydrogens is 238 g/mol. The summed E-state index contributed by atoms with van der Waals surface area (Å²) in [5.74, 6) is 0.883. The van der Waals surface area contributed by atoms with Crippen LogP contribution in [0, 0.1) is 0 Å². The van der Waals surface area contributed by atoms with E-state index in [4.69, 9.17) is 4.74 Å². The summed E-state index contributed by atoms with van der Waals surface area (Å²) >= 11 is 0. The van der Waals surface area contributed by atoms with E-state index in [9.17, 15) is 4.79 Å². The first-order chi connectivity index (χ1) is 9.26. The van der Waals surface area contributed by atoms with Gasteiger partial charge >= 0.3 is 0 Å². The Hall–Kier alpha value is -1.51. The molecule has 0 aromatic heterocycles. The van der Waals surface area contributed by atoms with Crippen molar-refractivity contribution in [2.24, 2.45) is 0 Å². The predicted octanol–water partition coefficient (Wildman–Crippen LogP) is 3.32. The summed E-state index contributed by atoms with van der Waals surface area (Å²) in [5.41, 5.74) is 0.989. The SMILES string of the molecule is CCCCCCCNC(=O)Cc1cccc(OC)c1. The van der Waals surface area contributed by atoms with Gasteiger partial charge in [0.15, 0.2) is 0 Å². The van der Waals surface area contributed by atoms with Gasteiger partial charge in [0.2, 0.25) is 5.91 Å². The molecule has 0 bridgehead atoms. The third-order valence-electron chi connectivity index (χ3n) is 3.10. The van der Waals surface area contributed by atoms with Crippen LogP contribution in [0.1, 0.15) is 44.6 Å². The van der Waals surface area contributed by atoms with Gasteiger partial charge in [-0.05, 0) is 24.1 Å². The Kier molecular flexibility index (Phi) is 7.71. The zero-order valence-electron chi connectivity index (χ0n) is 12.1. The molecule has 0 heterocycles. The Balaban J connectivity index is 2.19. The van der Waals surface area contributed by atoms with E-state index in [1.807, 2.05) is 24.3 Å². The Labute approximate surface area is 116 Å². The van der Waals surface area contributed by atoms with E-state index >= 15 is 0 Å². The first-order valence-corrected chi connectivity index (χ1v) is 7.16. The van der Waals surface area contributed by atoms with Gasteiger partial charge in [-0.25, -0.2) is 0 Å². The maximum Gasteiger partial charge on any atom is 0.224 e. The van der Waals surface area contributed by atoms with Crippen LogP contribution in [0.25, 0.3) is 0 Å². The second-order valence-electron chi connectivity index (χ2n) is 4.79. The molecule has 0 saturated heterocycles. The number of unbranched alkanes of at least 4 members (excludes halogenated alkanes) is 4. The molecule has 1 amide bonds. The highest BCUT2D eigenvalue weighted by Gasteiger charge is 2.03. The van der Waals surface area contributed by atoms with Crippen LogP contribution in [-0.2, 0) is 11.2 Å². The second-order valence-corrected chi connectivity index (χ2v) is 4.79. The van der Waals surface area contributed by atoms with Crippen LogP contribution in [0.5, 0.6) is 5.75 Å². The van der Waals surface area contributed by atoms with Crippen molar-refractivity contribution < 1.29 is 9.53 Å². The number of nitrogens with one attached hydrogen (secondary N) is 1. The molecule has 0 radical (unpaired) electrons. The minimum Gasteiger partial charge on any atom is -0.497 e. The van der Waals surface area contributed by atoms with E-state index in [1.54, 1.807) is 7.11 Å². The molecule has 19 heavy (non-hydrogen) atoms. The standard InChI is InChI=1S/C16H25NO2/c1-3-4-5-6-7-11-17-16(18)13-14-9-8-10-15(12-14)19-2/h8-10,12H,3-7,11,13H2,1-2H3,(H,17,18). The van der Waals surface area contributed by atoms with E-state index < -0.39 is 0 Å². The van der Waals surface area contributed by atoms with Gasteiger partial charge in [-0.15, -0.1) is 0 Å². The summed E-state index contributed by atoms with van der Waals surface area (Å²) in [4.78, 5) is 11.7. The summed E-state index contributed by atoms with van der Waals surface area (Å²) < 4.78 is 5.14. The summed E-state index contributed by atoms with van der Waals surface area (Å²) in [5, 5.41) is 2.97. The van der Waals surface area contributed by atoms with E-state index in [-0.39, 0.29) is 5.91 Å². The van der Waals surface area contributed by atoms with Gasteiger partial charge in [0.05, 0.1) is 13.5 Å². The predicted molar refractivity (Wildman–Crippen MR) is 78.5 cm³/mol. The van der Waals surface area contributed by atoms with Crippen molar-refractivity contribution >= 4 is 5.91 Å². The van der Waals surface area contributed by atoms with Crippen LogP contribution in [-0.4, -0.2) is 19.6 Å². The van der Waals surface area contributed by atoms with Crippen molar-refractivity contribution in [3.8, 4) is 5.75 Å². The van der Waals surface area contributed by atoms with Gasteiger partial charge in [0.1, 0.15) is 5.75 Å². The molecule has 1 aromatic rings. The first kappa shape index (κ1) is 15.5. The third-order valence-corrected chi connectivity index (χ3v) is 3.10. The topological polar surface area (TPSA) is 38.3 Å². The zero-order chi connectivity index (χ0) is 13.9. The number of rotatable bonds is 9. The van der Waals surface area contributed by atoms with E-state index in [0.717, 1.165) is 24.3 Å². The van der Waals surface area contributed by atoms with Crippen molar-refractivity contribution in [2.45, 2.75) is 45.4 Å². The van der Waals surface area contributed by atoms with Gasteiger partial charge in [0, 0.05) is 6.54 Å². The monoisotopic (exact) mass is 263 g/mol. The molecule has 0 aliphatic carbocycles. The average Bonchev–Trinajstić information content (AvgIpc) is 2.43. The van der Waals surface area contributed by atoms with Crippen LogP contribution in [0.2, 0.25) is 0 Å². The normalized spacial score (nSPS) is 10.2. The van der Waals surface area contributed by atoms with Crippen molar-refractivity contribution in [1.29, 1.82) is 0 Å². The lowest BCUT2D eigenvalue weighted by Crippen LogP contribution is -2.26. The highest BCUT2D eigenvalue weighted by atomic mass is 16.5. The fraction of sp³-hybridized carbons (Fsp3) is 0.562. The van der Waals surface area contributed by atoms with Gasteiger partial charge < -0.3 is 10.1 Å². The van der Waals surface area contributed by atoms with Crippen LogP contribution in [0.4, 0.5) is 0 Å². The van der Waals surface area contributed by atoms with E-state index in [2.05, 4.69) is 12.2 Å². The molecule has 0 aliphatic rings. The molecular formula is C16H25NO2. The van der Waals surface area contributed by atoms with Crippen LogP contribution < -0.4 is 10.1 Å². The van der Waals surface area contributed by atoms with Crippen molar-refractivity contribution in [3.05, 3.63) is 29.8 Å². The highest BCUT2D eigenvalue weighted by molar-refractivity contribution is 5.78. The minimum atomic E-state index is 0.0868. The molecule has 106 valence electrons. The maximum atomic E-state index is 11.7. The lowest BCUT2D eigenvalue weighted by atomic mass is 10.1. The Morgan fingerprint density at radius 3 is 2.74 bits per heavy atom. The second kappa shape index (κ2) is 9.42. The van der Waals surface area contributed by atoms with E-state index in [0.29, 0.717) is 6.42 Å². The number of benzene rings is 1. The molecule has 3 nitrogen and oxygen atoms in total. The molecule has 0 saturated carbocycles. The first-order valence-electron chi connectivity index (χ1n) is 7.16. The molecule has 1 aromatic carbocycles. The van der Waals surface area contributed by atoms with Gasteiger partial charge in [-0.3, -0.25) is 4.79 Å². The molecule has 3 heteroatoms.